The highest BCUT2D eigenvalue weighted by Gasteiger charge is 2.32. The van der Waals surface area contributed by atoms with Crippen LogP contribution in [0.4, 0.5) is 9.59 Å². The predicted molar refractivity (Wildman–Crippen MR) is 123 cm³/mol. The van der Waals surface area contributed by atoms with Crippen molar-refractivity contribution in [1.82, 2.24) is 30.1 Å². The molecule has 10 nitrogen and oxygen atoms in total. The lowest BCUT2D eigenvalue weighted by Crippen LogP contribution is -2.48. The Kier molecular flexibility index (Phi) is 5.72. The highest BCUT2D eigenvalue weighted by Crippen LogP contribution is 2.35. The van der Waals surface area contributed by atoms with Gasteiger partial charge in [0.1, 0.15) is 0 Å². The van der Waals surface area contributed by atoms with Crippen molar-refractivity contribution in [3.63, 3.8) is 0 Å². The quantitative estimate of drug-likeness (QED) is 0.598. The third kappa shape index (κ3) is 4.04. The molecule has 0 saturated carbocycles. The predicted octanol–water partition coefficient (Wildman–Crippen LogP) is 1.48. The summed E-state index contributed by atoms with van der Waals surface area (Å²) < 4.78 is 2.37. The number of hydrogen-bond donors (Lipinski definition) is 3. The van der Waals surface area contributed by atoms with Crippen LogP contribution in [0.3, 0.4) is 0 Å². The number of para-hydroxylation sites is 1. The first kappa shape index (κ1) is 21.4. The number of carbonyl (C=O) groups is 2. The Hall–Kier alpha value is -3.45. The summed E-state index contributed by atoms with van der Waals surface area (Å²) >= 11 is 0. The molecule has 0 radical (unpaired) electrons. The molecule has 2 saturated heterocycles. The number of nitrogens with one attached hydrogen (secondary N) is 2. The molecule has 3 aliphatic heterocycles. The summed E-state index contributed by atoms with van der Waals surface area (Å²) in [6.07, 6.45) is 5.53. The Labute approximate surface area is 192 Å². The van der Waals surface area contributed by atoms with Gasteiger partial charge < -0.3 is 25.4 Å². The van der Waals surface area contributed by atoms with E-state index in [4.69, 9.17) is 11.0 Å². The second-order valence-corrected chi connectivity index (χ2v) is 9.11. The Morgan fingerprint density at radius 1 is 1.18 bits per heavy atom. The average Bonchev–Trinajstić information content (AvgIpc) is 3.32. The number of hydrazine groups is 1. The third-order valence-corrected chi connectivity index (χ3v) is 7.11. The van der Waals surface area contributed by atoms with E-state index in [-0.39, 0.29) is 18.1 Å². The summed E-state index contributed by atoms with van der Waals surface area (Å²) in [5.41, 5.74) is 12.3. The van der Waals surface area contributed by atoms with Crippen LogP contribution < -0.4 is 16.5 Å². The largest absolute Gasteiger partial charge is 0.350 e. The number of aromatic nitrogens is 1. The molecule has 0 aliphatic carbocycles. The maximum Gasteiger partial charge on any atom is 0.329 e. The number of amides is 4. The zero-order chi connectivity index (χ0) is 22.9. The van der Waals surface area contributed by atoms with Gasteiger partial charge in [-0.15, -0.1) is 0 Å². The average molecular weight is 451 g/mol. The molecule has 2 aromatic rings. The number of hydrogen-bond acceptors (Lipinski definition) is 5. The summed E-state index contributed by atoms with van der Waals surface area (Å²) in [5.74, 6) is 0. The van der Waals surface area contributed by atoms with Crippen LogP contribution in [0.15, 0.2) is 24.3 Å². The van der Waals surface area contributed by atoms with Crippen LogP contribution in [-0.2, 0) is 13.0 Å². The number of primary amides is 1. The van der Waals surface area contributed by atoms with E-state index in [9.17, 15) is 9.59 Å². The molecule has 1 aromatic carbocycles. The van der Waals surface area contributed by atoms with Crippen LogP contribution in [0.1, 0.15) is 36.6 Å². The van der Waals surface area contributed by atoms with E-state index in [1.54, 1.807) is 4.90 Å². The van der Waals surface area contributed by atoms with Gasteiger partial charge in [0.2, 0.25) is 0 Å². The number of likely N-dealkylation sites (tertiary alicyclic amines) is 1. The van der Waals surface area contributed by atoms with E-state index in [2.05, 4.69) is 45.8 Å². The Balaban J connectivity index is 1.40. The van der Waals surface area contributed by atoms with E-state index in [1.807, 2.05) is 4.90 Å². The van der Waals surface area contributed by atoms with Gasteiger partial charge in [-0.1, -0.05) is 18.2 Å². The summed E-state index contributed by atoms with van der Waals surface area (Å²) in [4.78, 5) is 28.3. The second-order valence-electron chi connectivity index (χ2n) is 9.11. The molecule has 174 valence electrons. The van der Waals surface area contributed by atoms with Gasteiger partial charge in [-0.05, 0) is 37.3 Å². The third-order valence-electron chi connectivity index (χ3n) is 7.11. The monoisotopic (exact) mass is 450 g/mol. The Bertz CT molecular complexity index is 1110. The number of nitrogens with two attached hydrogens (primary N) is 1. The molecule has 0 unspecified atom stereocenters. The normalized spacial score (nSPS) is 23.2. The van der Waals surface area contributed by atoms with Crippen LogP contribution in [0.25, 0.3) is 10.9 Å². The smallest absolute Gasteiger partial charge is 0.329 e. The molecule has 33 heavy (non-hydrogen) atoms. The standard InChI is InChI=1S/C23H30N8O2/c24-15-28-10-7-16(13-28)27-23(33)29-11-8-19-18-5-1-2-6-20(18)31(21(19)14-29)17-4-3-9-30(22(25)32)26-12-17/h1-2,5-6,16-17,26H,3-4,7-14H2,(H2,25,32)(H,27,33)/t16-,17-/m1/s1. The molecular weight excluding hydrogens is 420 g/mol. The van der Waals surface area contributed by atoms with Crippen molar-refractivity contribution >= 4 is 23.0 Å². The number of fused-ring (bicyclic) bond motifs is 3. The number of carbonyl (C=O) groups excluding carboxylic acids is 2. The first-order valence-corrected chi connectivity index (χ1v) is 11.7. The number of nitriles is 1. The molecule has 2 fully saturated rings. The van der Waals surface area contributed by atoms with Gasteiger partial charge in [0.15, 0.2) is 6.19 Å². The van der Waals surface area contributed by atoms with Gasteiger partial charge in [-0.2, -0.15) is 5.26 Å². The summed E-state index contributed by atoms with van der Waals surface area (Å²) in [6, 6.07) is 8.06. The lowest BCUT2D eigenvalue weighted by Gasteiger charge is -2.31. The highest BCUT2D eigenvalue weighted by atomic mass is 16.2. The summed E-state index contributed by atoms with van der Waals surface area (Å²) in [7, 11) is 0. The number of benzene rings is 1. The zero-order valence-electron chi connectivity index (χ0n) is 18.7. The maximum atomic E-state index is 13.1. The SMILES string of the molecule is N#CN1CC[C@@H](NC(=O)N2CCc3c(n([C@@H]4CCCN(C(N)=O)NC4)c4ccccc34)C2)C1. The number of rotatable bonds is 2. The lowest BCUT2D eigenvalue weighted by molar-refractivity contribution is 0.181. The van der Waals surface area contributed by atoms with Crippen molar-refractivity contribution in [2.24, 2.45) is 5.73 Å². The minimum atomic E-state index is -0.459. The van der Waals surface area contributed by atoms with Crippen molar-refractivity contribution in [2.45, 2.75) is 44.3 Å². The molecule has 0 bridgehead atoms. The van der Waals surface area contributed by atoms with E-state index >= 15 is 0 Å². The van der Waals surface area contributed by atoms with Crippen molar-refractivity contribution in [2.75, 3.05) is 32.7 Å². The van der Waals surface area contributed by atoms with E-state index < -0.39 is 6.03 Å². The second kappa shape index (κ2) is 8.83. The first-order chi connectivity index (χ1) is 16.0. The fraction of sp³-hybridized carbons (Fsp3) is 0.522. The van der Waals surface area contributed by atoms with Crippen LogP contribution in [0.5, 0.6) is 0 Å². The van der Waals surface area contributed by atoms with Gasteiger partial charge in [0, 0.05) is 55.4 Å². The van der Waals surface area contributed by atoms with Crippen LogP contribution in [-0.4, -0.2) is 70.2 Å². The van der Waals surface area contributed by atoms with Crippen molar-refractivity contribution in [3.05, 3.63) is 35.5 Å². The fourth-order valence-corrected chi connectivity index (χ4v) is 5.46. The fourth-order valence-electron chi connectivity index (χ4n) is 5.46. The molecule has 2 atom stereocenters. The molecule has 5 rings (SSSR count). The van der Waals surface area contributed by atoms with Gasteiger partial charge in [0.05, 0.1) is 12.6 Å². The van der Waals surface area contributed by atoms with Gasteiger partial charge in [-0.3, -0.25) is 5.01 Å². The zero-order valence-corrected chi connectivity index (χ0v) is 18.7. The molecule has 10 heteroatoms. The van der Waals surface area contributed by atoms with Crippen molar-refractivity contribution in [3.8, 4) is 6.19 Å². The molecule has 4 heterocycles. The molecule has 4 amide bonds. The number of urea groups is 2. The van der Waals surface area contributed by atoms with Gasteiger partial charge in [-0.25, -0.2) is 15.0 Å². The maximum absolute atomic E-state index is 13.1. The van der Waals surface area contributed by atoms with E-state index in [1.165, 1.54) is 27.2 Å². The van der Waals surface area contributed by atoms with Crippen molar-refractivity contribution in [1.29, 1.82) is 5.26 Å². The van der Waals surface area contributed by atoms with Crippen LogP contribution >= 0.6 is 0 Å². The topological polar surface area (TPSA) is 123 Å². The Morgan fingerprint density at radius 2 is 2.03 bits per heavy atom. The van der Waals surface area contributed by atoms with Crippen LogP contribution in [0, 0.1) is 11.5 Å². The van der Waals surface area contributed by atoms with Gasteiger partial charge >= 0.3 is 12.1 Å². The van der Waals surface area contributed by atoms with E-state index in [0.717, 1.165) is 25.7 Å². The summed E-state index contributed by atoms with van der Waals surface area (Å²) in [6.45, 7) is 3.66. The first-order valence-electron chi connectivity index (χ1n) is 11.7. The van der Waals surface area contributed by atoms with E-state index in [0.29, 0.717) is 39.3 Å². The van der Waals surface area contributed by atoms with Gasteiger partial charge in [0.25, 0.3) is 0 Å². The molecular formula is C23H30N8O2. The minimum Gasteiger partial charge on any atom is -0.350 e. The lowest BCUT2D eigenvalue weighted by atomic mass is 10.0. The van der Waals surface area contributed by atoms with Crippen molar-refractivity contribution < 1.29 is 9.59 Å². The highest BCUT2D eigenvalue weighted by molar-refractivity contribution is 5.86. The summed E-state index contributed by atoms with van der Waals surface area (Å²) in [5, 5.41) is 14.9. The molecule has 0 spiro atoms. The van der Waals surface area contributed by atoms with Crippen LogP contribution in [0.2, 0.25) is 0 Å². The number of nitrogens with zero attached hydrogens (tertiary/aromatic N) is 5. The minimum absolute atomic E-state index is 0.00949. The molecule has 4 N–H and O–H groups in total. The molecule has 1 aromatic heterocycles. The molecule has 3 aliphatic rings. The Morgan fingerprint density at radius 3 is 2.82 bits per heavy atom.